The largest absolute Gasteiger partial charge is 0.496 e. The van der Waals surface area contributed by atoms with Gasteiger partial charge in [-0.25, -0.2) is 13.2 Å². The van der Waals surface area contributed by atoms with Crippen molar-refractivity contribution < 1.29 is 23.1 Å². The Morgan fingerprint density at radius 3 is 2.46 bits per heavy atom. The van der Waals surface area contributed by atoms with Crippen LogP contribution in [0.15, 0.2) is 66.0 Å². The highest BCUT2D eigenvalue weighted by Crippen LogP contribution is 2.33. The van der Waals surface area contributed by atoms with E-state index in [1.54, 1.807) is 43.6 Å². The summed E-state index contributed by atoms with van der Waals surface area (Å²) in [6, 6.07) is 12.7. The highest BCUT2D eigenvalue weighted by atomic mass is 32.2. The van der Waals surface area contributed by atoms with Crippen LogP contribution < -0.4 is 4.74 Å². The number of likely N-dealkylation sites (tertiary alicyclic amines) is 1. The highest BCUT2D eigenvalue weighted by molar-refractivity contribution is 7.90. The minimum atomic E-state index is -3.21. The number of carbonyl (C=O) groups is 1. The Morgan fingerprint density at radius 2 is 1.89 bits per heavy atom. The number of ether oxygens (including phenoxy) is 1. The van der Waals surface area contributed by atoms with Gasteiger partial charge in [-0.2, -0.15) is 5.10 Å². The molecule has 196 valence electrons. The molecule has 2 N–H and O–H groups in total. The summed E-state index contributed by atoms with van der Waals surface area (Å²) in [6.07, 6.45) is 8.17. The predicted molar refractivity (Wildman–Crippen MR) is 142 cm³/mol. The van der Waals surface area contributed by atoms with Gasteiger partial charge in [-0.3, -0.25) is 9.58 Å². The SMILES string of the molecule is COc1cc(C)c2[nH]ccc2c1CN1CCC(n2cc(S(C)(=O)=O)cn2)CC1.O=C(O)c1ccccc1. The first-order chi connectivity index (χ1) is 17.7. The summed E-state index contributed by atoms with van der Waals surface area (Å²) < 4.78 is 30.8. The summed E-state index contributed by atoms with van der Waals surface area (Å²) in [5.41, 5.74) is 3.88. The minimum Gasteiger partial charge on any atom is -0.496 e. The van der Waals surface area contributed by atoms with E-state index in [4.69, 9.17) is 9.84 Å². The van der Waals surface area contributed by atoms with Crippen molar-refractivity contribution in [2.75, 3.05) is 26.5 Å². The molecule has 1 fully saturated rings. The Kier molecular flexibility index (Phi) is 7.99. The number of benzene rings is 2. The molecule has 2 aromatic carbocycles. The van der Waals surface area contributed by atoms with Gasteiger partial charge in [0.15, 0.2) is 9.84 Å². The molecule has 4 aromatic rings. The molecule has 37 heavy (non-hydrogen) atoms. The molecule has 0 amide bonds. The number of hydrogen-bond donors (Lipinski definition) is 2. The number of nitrogens with one attached hydrogen (secondary N) is 1. The van der Waals surface area contributed by atoms with Crippen LogP contribution in [-0.4, -0.2) is 65.6 Å². The summed E-state index contributed by atoms with van der Waals surface area (Å²) in [7, 11) is -1.49. The van der Waals surface area contributed by atoms with Crippen molar-refractivity contribution in [2.45, 2.75) is 37.2 Å². The van der Waals surface area contributed by atoms with E-state index >= 15 is 0 Å². The van der Waals surface area contributed by atoms with Gasteiger partial charge in [0, 0.05) is 54.8 Å². The number of H-pyrrole nitrogens is 1. The van der Waals surface area contributed by atoms with Crippen molar-refractivity contribution in [3.8, 4) is 5.75 Å². The average Bonchev–Trinajstić information content (AvgIpc) is 3.58. The molecule has 0 spiro atoms. The summed E-state index contributed by atoms with van der Waals surface area (Å²) in [6.45, 7) is 4.78. The second-order valence-corrected chi connectivity index (χ2v) is 11.3. The van der Waals surface area contributed by atoms with E-state index in [0.29, 0.717) is 5.56 Å². The van der Waals surface area contributed by atoms with E-state index < -0.39 is 15.8 Å². The maximum Gasteiger partial charge on any atom is 0.335 e. The molecule has 2 aromatic heterocycles. The number of aryl methyl sites for hydroxylation is 1. The Labute approximate surface area is 216 Å². The number of rotatable bonds is 6. The zero-order chi connectivity index (χ0) is 26.6. The molecular formula is C27H32N4O5S. The molecule has 0 unspecified atom stereocenters. The lowest BCUT2D eigenvalue weighted by molar-refractivity contribution is 0.0697. The van der Waals surface area contributed by atoms with Crippen LogP contribution in [0.1, 0.15) is 40.4 Å². The van der Waals surface area contributed by atoms with Gasteiger partial charge in [0.05, 0.1) is 24.9 Å². The molecule has 10 heteroatoms. The van der Waals surface area contributed by atoms with Crippen LogP contribution in [0.4, 0.5) is 0 Å². The van der Waals surface area contributed by atoms with Crippen molar-refractivity contribution in [2.24, 2.45) is 0 Å². The molecule has 0 saturated carbocycles. The lowest BCUT2D eigenvalue weighted by atomic mass is 10.0. The number of sulfone groups is 1. The third-order valence-electron chi connectivity index (χ3n) is 6.67. The Hall–Kier alpha value is -3.63. The smallest absolute Gasteiger partial charge is 0.335 e. The molecule has 1 aliphatic rings. The van der Waals surface area contributed by atoms with Crippen LogP contribution in [0.25, 0.3) is 10.9 Å². The molecule has 0 radical (unpaired) electrons. The van der Waals surface area contributed by atoms with Crippen LogP contribution in [0.5, 0.6) is 5.75 Å². The number of aromatic carboxylic acids is 1. The number of aromatic nitrogens is 3. The summed E-state index contributed by atoms with van der Waals surface area (Å²) in [4.78, 5) is 16.2. The predicted octanol–water partition coefficient (Wildman–Crippen LogP) is 4.31. The first kappa shape index (κ1) is 26.4. The molecule has 0 bridgehead atoms. The lowest BCUT2D eigenvalue weighted by Crippen LogP contribution is -2.34. The molecule has 1 saturated heterocycles. The van der Waals surface area contributed by atoms with E-state index in [1.807, 2.05) is 10.9 Å². The number of carboxylic acid groups (broad SMARTS) is 1. The monoisotopic (exact) mass is 524 g/mol. The van der Waals surface area contributed by atoms with Crippen molar-refractivity contribution in [3.05, 3.63) is 77.7 Å². The number of piperidine rings is 1. The Bertz CT molecular complexity index is 1470. The molecule has 0 atom stereocenters. The van der Waals surface area contributed by atoms with Crippen LogP contribution in [0.2, 0.25) is 0 Å². The molecular weight excluding hydrogens is 492 g/mol. The van der Waals surface area contributed by atoms with Crippen molar-refractivity contribution in [1.82, 2.24) is 19.7 Å². The first-order valence-electron chi connectivity index (χ1n) is 12.1. The van der Waals surface area contributed by atoms with Gasteiger partial charge in [-0.1, -0.05) is 18.2 Å². The summed E-state index contributed by atoms with van der Waals surface area (Å²) >= 11 is 0. The van der Waals surface area contributed by atoms with Crippen LogP contribution in [0, 0.1) is 6.92 Å². The zero-order valence-electron chi connectivity index (χ0n) is 21.2. The molecule has 0 aliphatic carbocycles. The van der Waals surface area contributed by atoms with Crippen molar-refractivity contribution in [3.63, 3.8) is 0 Å². The quantitative estimate of drug-likeness (QED) is 0.386. The standard InChI is InChI=1S/C20H26N4O3S.C7H6O2/c1-14-10-19(27-2)18(17-4-7-21-20(14)17)13-23-8-5-15(6-9-23)24-12-16(11-22-24)28(3,25)26;8-7(9)6-4-2-1-3-5-6/h4,7,10-12,15,21H,5-6,8-9,13H2,1-3H3;1-5H,(H,8,9). The van der Waals surface area contributed by atoms with Crippen LogP contribution in [0.3, 0.4) is 0 Å². The van der Waals surface area contributed by atoms with E-state index in [2.05, 4.69) is 34.0 Å². The van der Waals surface area contributed by atoms with Gasteiger partial charge in [-0.15, -0.1) is 0 Å². The number of aromatic amines is 1. The van der Waals surface area contributed by atoms with E-state index in [1.165, 1.54) is 29.0 Å². The number of fused-ring (bicyclic) bond motifs is 1. The number of nitrogens with zero attached hydrogens (tertiary/aromatic N) is 3. The number of carboxylic acids is 1. The minimum absolute atomic E-state index is 0.235. The first-order valence-corrected chi connectivity index (χ1v) is 13.9. The maximum absolute atomic E-state index is 11.7. The Balaban J connectivity index is 0.000000301. The van der Waals surface area contributed by atoms with Crippen molar-refractivity contribution >= 4 is 26.7 Å². The van der Waals surface area contributed by atoms with E-state index in [9.17, 15) is 13.2 Å². The van der Waals surface area contributed by atoms with Crippen LogP contribution >= 0.6 is 0 Å². The average molecular weight is 525 g/mol. The summed E-state index contributed by atoms with van der Waals surface area (Å²) in [5, 5.41) is 13.9. The van der Waals surface area contributed by atoms with E-state index in [0.717, 1.165) is 43.7 Å². The fourth-order valence-electron chi connectivity index (χ4n) is 4.64. The van der Waals surface area contributed by atoms with Crippen molar-refractivity contribution in [1.29, 1.82) is 0 Å². The number of methoxy groups -OCH3 is 1. The van der Waals surface area contributed by atoms with Gasteiger partial charge in [0.2, 0.25) is 0 Å². The maximum atomic E-state index is 11.7. The zero-order valence-corrected chi connectivity index (χ0v) is 22.0. The lowest BCUT2D eigenvalue weighted by Gasteiger charge is -2.32. The molecule has 9 nitrogen and oxygen atoms in total. The van der Waals surface area contributed by atoms with Gasteiger partial charge < -0.3 is 14.8 Å². The molecule has 1 aliphatic heterocycles. The second-order valence-electron chi connectivity index (χ2n) is 9.25. The van der Waals surface area contributed by atoms with Crippen LogP contribution in [-0.2, 0) is 16.4 Å². The topological polar surface area (TPSA) is 118 Å². The normalized spacial score (nSPS) is 14.8. The highest BCUT2D eigenvalue weighted by Gasteiger charge is 2.24. The number of hydrogen-bond acceptors (Lipinski definition) is 6. The fourth-order valence-corrected chi connectivity index (χ4v) is 5.18. The van der Waals surface area contributed by atoms with Gasteiger partial charge >= 0.3 is 5.97 Å². The van der Waals surface area contributed by atoms with E-state index in [-0.39, 0.29) is 10.9 Å². The van der Waals surface area contributed by atoms with Gasteiger partial charge in [-0.05, 0) is 49.6 Å². The van der Waals surface area contributed by atoms with Gasteiger partial charge in [0.25, 0.3) is 0 Å². The second kappa shape index (κ2) is 11.2. The third-order valence-corrected chi connectivity index (χ3v) is 7.74. The Morgan fingerprint density at radius 1 is 1.19 bits per heavy atom. The third kappa shape index (κ3) is 6.20. The molecule has 5 rings (SSSR count). The summed E-state index contributed by atoms with van der Waals surface area (Å²) in [5.74, 6) is 0.0483. The van der Waals surface area contributed by atoms with Gasteiger partial charge in [0.1, 0.15) is 10.6 Å². The molecule has 3 heterocycles. The fraction of sp³-hybridized carbons (Fsp3) is 0.333.